The Hall–Kier alpha value is -2.26. The van der Waals surface area contributed by atoms with E-state index in [1.807, 2.05) is 18.2 Å². The zero-order valence-corrected chi connectivity index (χ0v) is 21.8. The number of nitrogens with zero attached hydrogens (tertiary/aromatic N) is 1. The first-order chi connectivity index (χ1) is 17.0. The number of piperidine rings is 1. The van der Waals surface area contributed by atoms with E-state index in [0.717, 1.165) is 74.3 Å². The highest BCUT2D eigenvalue weighted by Crippen LogP contribution is 2.31. The van der Waals surface area contributed by atoms with Crippen LogP contribution in [0.5, 0.6) is 0 Å². The highest BCUT2D eigenvalue weighted by atomic mass is 16.1. The van der Waals surface area contributed by atoms with Crippen LogP contribution in [0.1, 0.15) is 109 Å². The van der Waals surface area contributed by atoms with Gasteiger partial charge in [-0.15, -0.1) is 0 Å². The van der Waals surface area contributed by atoms with Gasteiger partial charge in [0.1, 0.15) is 0 Å². The lowest BCUT2D eigenvalue weighted by Crippen LogP contribution is -2.35. The summed E-state index contributed by atoms with van der Waals surface area (Å²) in [5.74, 6) is 2.05. The first-order valence-electron chi connectivity index (χ1n) is 14.0. The molecule has 1 saturated heterocycles. The molecule has 2 aliphatic rings. The Morgan fingerprint density at radius 2 is 1.74 bits per heavy atom. The molecule has 1 fully saturated rings. The van der Waals surface area contributed by atoms with Crippen molar-refractivity contribution in [3.8, 4) is 0 Å². The van der Waals surface area contributed by atoms with Crippen molar-refractivity contribution in [2.75, 3.05) is 19.6 Å². The van der Waals surface area contributed by atoms with E-state index in [4.69, 9.17) is 0 Å². The van der Waals surface area contributed by atoms with Crippen molar-refractivity contribution in [3.63, 3.8) is 0 Å². The largest absolute Gasteiger partial charge is 0.303 e. The fourth-order valence-electron chi connectivity index (χ4n) is 5.88. The average molecular weight is 474 g/mol. The Morgan fingerprint density at radius 1 is 0.971 bits per heavy atom. The van der Waals surface area contributed by atoms with Gasteiger partial charge in [-0.3, -0.25) is 9.59 Å². The molecular formula is C32H43NO2. The van der Waals surface area contributed by atoms with E-state index in [-0.39, 0.29) is 17.5 Å². The third-order valence-electron chi connectivity index (χ3n) is 8.16. The second-order valence-electron chi connectivity index (χ2n) is 11.2. The molecule has 0 aromatic heterocycles. The molecule has 2 aromatic rings. The van der Waals surface area contributed by atoms with Crippen LogP contribution in [0.2, 0.25) is 0 Å². The van der Waals surface area contributed by atoms with Crippen LogP contribution >= 0.6 is 0 Å². The molecule has 0 amide bonds. The van der Waals surface area contributed by atoms with Crippen LogP contribution in [0.3, 0.4) is 0 Å². The van der Waals surface area contributed by atoms with Gasteiger partial charge in [-0.2, -0.15) is 0 Å². The first kappa shape index (κ1) is 25.8. The van der Waals surface area contributed by atoms with Gasteiger partial charge in [0.15, 0.2) is 11.6 Å². The lowest BCUT2D eigenvalue weighted by atomic mass is 9.80. The fourth-order valence-corrected chi connectivity index (χ4v) is 5.88. The third-order valence-corrected chi connectivity index (χ3v) is 8.16. The number of hydrogen-bond donors (Lipinski definition) is 0. The fraction of sp³-hybridized carbons (Fsp3) is 0.562. The van der Waals surface area contributed by atoms with E-state index in [2.05, 4.69) is 49.1 Å². The normalized spacial score (nSPS) is 19.2. The van der Waals surface area contributed by atoms with Crippen molar-refractivity contribution >= 4 is 11.6 Å². The number of hydrogen-bond acceptors (Lipinski definition) is 3. The second kappa shape index (κ2) is 12.6. The van der Waals surface area contributed by atoms with Crippen molar-refractivity contribution < 1.29 is 9.59 Å². The molecule has 3 heteroatoms. The number of carbonyl (C=O) groups excluding carboxylic acids is 2. The molecule has 2 aromatic carbocycles. The number of fused-ring (bicyclic) bond motifs is 1. The monoisotopic (exact) mass is 473 g/mol. The summed E-state index contributed by atoms with van der Waals surface area (Å²) in [7, 11) is 0. The average Bonchev–Trinajstić information content (AvgIpc) is 2.88. The highest BCUT2D eigenvalue weighted by molar-refractivity contribution is 6.02. The van der Waals surface area contributed by atoms with Crippen molar-refractivity contribution in [1.82, 2.24) is 4.90 Å². The maximum atomic E-state index is 13.2. The Morgan fingerprint density at radius 3 is 2.49 bits per heavy atom. The van der Waals surface area contributed by atoms with Crippen molar-refractivity contribution in [2.45, 2.75) is 84.0 Å². The molecule has 0 spiro atoms. The van der Waals surface area contributed by atoms with Gasteiger partial charge in [-0.1, -0.05) is 75.6 Å². The second-order valence-corrected chi connectivity index (χ2v) is 11.2. The van der Waals surface area contributed by atoms with Gasteiger partial charge in [0, 0.05) is 23.5 Å². The molecule has 0 bridgehead atoms. The summed E-state index contributed by atoms with van der Waals surface area (Å²) >= 11 is 0. The third kappa shape index (κ3) is 7.13. The number of Topliss-reactive ketones (excluding diaryl/α,β-unsaturated/α-hetero) is 2. The highest BCUT2D eigenvalue weighted by Gasteiger charge is 2.29. The Balaban J connectivity index is 1.23. The van der Waals surface area contributed by atoms with E-state index in [1.54, 1.807) is 0 Å². The summed E-state index contributed by atoms with van der Waals surface area (Å²) < 4.78 is 0. The molecule has 4 rings (SSSR count). The maximum absolute atomic E-state index is 13.2. The van der Waals surface area contributed by atoms with Crippen LogP contribution in [0.15, 0.2) is 48.5 Å². The molecule has 0 N–H and O–H groups in total. The van der Waals surface area contributed by atoms with Crippen LogP contribution in [-0.2, 0) is 6.42 Å². The van der Waals surface area contributed by atoms with Gasteiger partial charge >= 0.3 is 0 Å². The summed E-state index contributed by atoms with van der Waals surface area (Å²) in [6.45, 7) is 7.76. The number of unbranched alkanes of at least 4 members (excludes halogenated alkanes) is 2. The Kier molecular flexibility index (Phi) is 9.31. The molecule has 35 heavy (non-hydrogen) atoms. The summed E-state index contributed by atoms with van der Waals surface area (Å²) in [4.78, 5) is 28.4. The SMILES string of the molecule is CC(C)CCCCCC(=O)c1ccc2c(c1)CCC(CCN1CCC(c3ccccc3)CC1)C2=O. The van der Waals surface area contributed by atoms with Gasteiger partial charge in [0.2, 0.25) is 0 Å². The van der Waals surface area contributed by atoms with Gasteiger partial charge in [-0.05, 0) is 87.2 Å². The molecule has 1 aliphatic heterocycles. The predicted molar refractivity (Wildman–Crippen MR) is 144 cm³/mol. The molecule has 1 aliphatic carbocycles. The Bertz CT molecular complexity index is 972. The molecule has 3 nitrogen and oxygen atoms in total. The summed E-state index contributed by atoms with van der Waals surface area (Å²) in [5.41, 5.74) is 4.20. The number of aryl methyl sites for hydroxylation is 1. The number of rotatable bonds is 11. The van der Waals surface area contributed by atoms with Crippen LogP contribution < -0.4 is 0 Å². The molecule has 1 atom stereocenters. The van der Waals surface area contributed by atoms with Crippen molar-refractivity contribution in [1.29, 1.82) is 0 Å². The number of benzene rings is 2. The predicted octanol–water partition coefficient (Wildman–Crippen LogP) is 7.49. The maximum Gasteiger partial charge on any atom is 0.166 e. The minimum absolute atomic E-state index is 0.122. The summed E-state index contributed by atoms with van der Waals surface area (Å²) in [6.07, 6.45) is 10.3. The summed E-state index contributed by atoms with van der Waals surface area (Å²) in [6, 6.07) is 16.7. The van der Waals surface area contributed by atoms with Crippen LogP contribution in [0.4, 0.5) is 0 Å². The lowest BCUT2D eigenvalue weighted by molar-refractivity contribution is 0.0876. The standard InChI is InChI=1S/C32H43NO2/c1-24(2)9-5-3-8-12-31(34)29-15-16-30-28(23-29)14-13-27(32(30)35)19-22-33-20-17-26(18-21-33)25-10-6-4-7-11-25/h4,6-7,10-11,15-16,23-24,26-27H,3,5,8-9,12-14,17-22H2,1-2H3. The van der Waals surface area contributed by atoms with Crippen LogP contribution in [0.25, 0.3) is 0 Å². The molecule has 0 radical (unpaired) electrons. The van der Waals surface area contributed by atoms with E-state index >= 15 is 0 Å². The quantitative estimate of drug-likeness (QED) is 0.251. The van der Waals surface area contributed by atoms with E-state index in [0.29, 0.717) is 12.3 Å². The summed E-state index contributed by atoms with van der Waals surface area (Å²) in [5, 5.41) is 0. The Labute approximate surface area is 212 Å². The zero-order valence-electron chi connectivity index (χ0n) is 21.8. The van der Waals surface area contributed by atoms with E-state index in [1.165, 1.54) is 31.2 Å². The van der Waals surface area contributed by atoms with Crippen molar-refractivity contribution in [2.24, 2.45) is 11.8 Å². The molecular weight excluding hydrogens is 430 g/mol. The smallest absolute Gasteiger partial charge is 0.166 e. The molecule has 1 heterocycles. The zero-order chi connectivity index (χ0) is 24.6. The van der Waals surface area contributed by atoms with Gasteiger partial charge in [-0.25, -0.2) is 0 Å². The van der Waals surface area contributed by atoms with Crippen molar-refractivity contribution in [3.05, 3.63) is 70.8 Å². The lowest BCUT2D eigenvalue weighted by Gasteiger charge is -2.33. The number of likely N-dealkylation sites (tertiary alicyclic amines) is 1. The topological polar surface area (TPSA) is 37.4 Å². The van der Waals surface area contributed by atoms with Crippen LogP contribution in [-0.4, -0.2) is 36.1 Å². The van der Waals surface area contributed by atoms with E-state index in [9.17, 15) is 9.59 Å². The van der Waals surface area contributed by atoms with Gasteiger partial charge < -0.3 is 4.90 Å². The molecule has 188 valence electrons. The number of carbonyl (C=O) groups is 2. The first-order valence-corrected chi connectivity index (χ1v) is 14.0. The van der Waals surface area contributed by atoms with E-state index < -0.39 is 0 Å². The number of ketones is 2. The van der Waals surface area contributed by atoms with Gasteiger partial charge in [0.25, 0.3) is 0 Å². The van der Waals surface area contributed by atoms with Gasteiger partial charge in [0.05, 0.1) is 0 Å². The molecule has 0 saturated carbocycles. The molecule has 1 unspecified atom stereocenters. The minimum Gasteiger partial charge on any atom is -0.303 e. The van der Waals surface area contributed by atoms with Crippen LogP contribution in [0, 0.1) is 11.8 Å². The minimum atomic E-state index is 0.122.